The predicted molar refractivity (Wildman–Crippen MR) is 98.8 cm³/mol. The highest BCUT2D eigenvalue weighted by Crippen LogP contribution is 2.18. The van der Waals surface area contributed by atoms with Gasteiger partial charge in [0.25, 0.3) is 0 Å². The third-order valence-electron chi connectivity index (χ3n) is 4.02. The molecule has 1 aromatic carbocycles. The molecule has 0 N–H and O–H groups in total. The number of hydrogen-bond acceptors (Lipinski definition) is 5. The van der Waals surface area contributed by atoms with Gasteiger partial charge in [0.2, 0.25) is 5.88 Å². The number of rotatable bonds is 6. The molecule has 0 spiro atoms. The van der Waals surface area contributed by atoms with Crippen LogP contribution in [0.5, 0.6) is 5.88 Å². The Bertz CT molecular complexity index is 1000. The molecule has 0 aliphatic heterocycles. The lowest BCUT2D eigenvalue weighted by molar-refractivity contribution is 0.232. The van der Waals surface area contributed by atoms with E-state index in [9.17, 15) is 0 Å². The lowest BCUT2D eigenvalue weighted by Crippen LogP contribution is -2.07. The molecule has 0 atom stereocenters. The molecule has 132 valence electrons. The van der Waals surface area contributed by atoms with E-state index in [0.29, 0.717) is 5.88 Å². The minimum atomic E-state index is 0.105. The van der Waals surface area contributed by atoms with Crippen molar-refractivity contribution in [1.82, 2.24) is 29.5 Å². The van der Waals surface area contributed by atoms with Crippen molar-refractivity contribution in [3.05, 3.63) is 55.1 Å². The second-order valence-electron chi connectivity index (χ2n) is 6.35. The minimum absolute atomic E-state index is 0.105. The van der Waals surface area contributed by atoms with Gasteiger partial charge in [-0.15, -0.1) is 5.10 Å². The number of para-hydroxylation sites is 2. The maximum atomic E-state index is 5.56. The molecule has 3 aromatic heterocycles. The van der Waals surface area contributed by atoms with Gasteiger partial charge in [-0.1, -0.05) is 17.3 Å². The summed E-state index contributed by atoms with van der Waals surface area (Å²) in [4.78, 5) is 8.72. The molecule has 4 aromatic rings. The summed E-state index contributed by atoms with van der Waals surface area (Å²) in [6, 6.07) is 11.9. The third kappa shape index (κ3) is 3.42. The summed E-state index contributed by atoms with van der Waals surface area (Å²) in [6.45, 7) is 5.45. The maximum absolute atomic E-state index is 5.56. The van der Waals surface area contributed by atoms with E-state index in [1.54, 1.807) is 6.20 Å². The summed E-state index contributed by atoms with van der Waals surface area (Å²) < 4.78 is 9.52. The van der Waals surface area contributed by atoms with E-state index in [0.717, 1.165) is 35.4 Å². The fourth-order valence-corrected chi connectivity index (χ4v) is 2.78. The van der Waals surface area contributed by atoms with E-state index in [2.05, 4.69) is 30.9 Å². The lowest BCUT2D eigenvalue weighted by Gasteiger charge is -2.08. The van der Waals surface area contributed by atoms with Gasteiger partial charge in [0.1, 0.15) is 5.69 Å². The summed E-state index contributed by atoms with van der Waals surface area (Å²) in [5, 5.41) is 8.46. The Balaban J connectivity index is 1.44. The molecule has 0 amide bonds. The van der Waals surface area contributed by atoms with E-state index in [1.807, 2.05) is 61.4 Å². The van der Waals surface area contributed by atoms with E-state index >= 15 is 0 Å². The number of fused-ring (bicyclic) bond motifs is 1. The Morgan fingerprint density at radius 3 is 2.73 bits per heavy atom. The predicted octanol–water partition coefficient (Wildman–Crippen LogP) is 3.18. The monoisotopic (exact) mass is 348 g/mol. The van der Waals surface area contributed by atoms with Gasteiger partial charge in [-0.05, 0) is 32.0 Å². The molecule has 0 saturated carbocycles. The first-order valence-electron chi connectivity index (χ1n) is 8.62. The SMILES string of the molecule is CC(C)Oc1ccc(-c2cn(CCn3cnc4ccccc43)nn2)cn1. The summed E-state index contributed by atoms with van der Waals surface area (Å²) in [5.41, 5.74) is 3.84. The Morgan fingerprint density at radius 2 is 1.92 bits per heavy atom. The van der Waals surface area contributed by atoms with E-state index in [-0.39, 0.29) is 6.10 Å². The maximum Gasteiger partial charge on any atom is 0.213 e. The quantitative estimate of drug-likeness (QED) is 0.535. The fraction of sp³-hybridized carbons (Fsp3) is 0.263. The standard InChI is InChI=1S/C19H20N6O/c1-14(2)26-19-8-7-15(11-20-19)17-12-25(23-22-17)10-9-24-13-21-16-5-3-4-6-18(16)24/h3-8,11-14H,9-10H2,1-2H3. The normalized spacial score (nSPS) is 11.3. The van der Waals surface area contributed by atoms with Gasteiger partial charge in [0.15, 0.2) is 0 Å². The van der Waals surface area contributed by atoms with Crippen molar-refractivity contribution in [1.29, 1.82) is 0 Å². The van der Waals surface area contributed by atoms with E-state index in [1.165, 1.54) is 0 Å². The number of hydrogen-bond donors (Lipinski definition) is 0. The van der Waals surface area contributed by atoms with Gasteiger partial charge in [0, 0.05) is 24.4 Å². The van der Waals surface area contributed by atoms with Gasteiger partial charge >= 0.3 is 0 Å². The first-order valence-corrected chi connectivity index (χ1v) is 8.62. The second-order valence-corrected chi connectivity index (χ2v) is 6.35. The zero-order valence-corrected chi connectivity index (χ0v) is 14.8. The topological polar surface area (TPSA) is 70.7 Å². The number of ether oxygens (including phenoxy) is 1. The number of nitrogens with zero attached hydrogens (tertiary/aromatic N) is 6. The molecule has 0 saturated heterocycles. The fourth-order valence-electron chi connectivity index (χ4n) is 2.78. The molecule has 0 fully saturated rings. The second kappa shape index (κ2) is 6.95. The molecule has 0 bridgehead atoms. The van der Waals surface area contributed by atoms with Crippen LogP contribution in [-0.2, 0) is 13.1 Å². The average Bonchev–Trinajstić information content (AvgIpc) is 3.27. The minimum Gasteiger partial charge on any atom is -0.475 e. The smallest absolute Gasteiger partial charge is 0.213 e. The van der Waals surface area contributed by atoms with Crippen LogP contribution in [0.25, 0.3) is 22.3 Å². The van der Waals surface area contributed by atoms with Crippen LogP contribution in [0.4, 0.5) is 0 Å². The molecular formula is C19H20N6O. The van der Waals surface area contributed by atoms with Crippen molar-refractivity contribution in [2.24, 2.45) is 0 Å². The molecule has 3 heterocycles. The van der Waals surface area contributed by atoms with Crippen molar-refractivity contribution in [2.45, 2.75) is 33.0 Å². The summed E-state index contributed by atoms with van der Waals surface area (Å²) in [6.07, 6.45) is 5.66. The molecule has 0 radical (unpaired) electrons. The highest BCUT2D eigenvalue weighted by atomic mass is 16.5. The van der Waals surface area contributed by atoms with Crippen molar-refractivity contribution >= 4 is 11.0 Å². The highest BCUT2D eigenvalue weighted by molar-refractivity contribution is 5.74. The van der Waals surface area contributed by atoms with E-state index < -0.39 is 0 Å². The van der Waals surface area contributed by atoms with Crippen LogP contribution in [0.3, 0.4) is 0 Å². The van der Waals surface area contributed by atoms with Crippen molar-refractivity contribution in [2.75, 3.05) is 0 Å². The van der Waals surface area contributed by atoms with Crippen LogP contribution in [0.15, 0.2) is 55.1 Å². The average molecular weight is 348 g/mol. The highest BCUT2D eigenvalue weighted by Gasteiger charge is 2.07. The van der Waals surface area contributed by atoms with Crippen LogP contribution in [-0.4, -0.2) is 35.6 Å². The zero-order chi connectivity index (χ0) is 17.9. The third-order valence-corrected chi connectivity index (χ3v) is 4.02. The summed E-state index contributed by atoms with van der Waals surface area (Å²) in [5.74, 6) is 0.614. The Hall–Kier alpha value is -3.22. The molecule has 7 nitrogen and oxygen atoms in total. The zero-order valence-electron chi connectivity index (χ0n) is 14.8. The molecular weight excluding hydrogens is 328 g/mol. The number of imidazole rings is 1. The summed E-state index contributed by atoms with van der Waals surface area (Å²) in [7, 11) is 0. The number of benzene rings is 1. The number of pyridine rings is 1. The molecule has 0 unspecified atom stereocenters. The molecule has 26 heavy (non-hydrogen) atoms. The van der Waals surface area contributed by atoms with Crippen LogP contribution >= 0.6 is 0 Å². The largest absolute Gasteiger partial charge is 0.475 e. The molecule has 0 aliphatic carbocycles. The van der Waals surface area contributed by atoms with Crippen LogP contribution in [0.1, 0.15) is 13.8 Å². The summed E-state index contributed by atoms with van der Waals surface area (Å²) >= 11 is 0. The van der Waals surface area contributed by atoms with Crippen LogP contribution in [0.2, 0.25) is 0 Å². The van der Waals surface area contributed by atoms with Gasteiger partial charge in [-0.2, -0.15) is 0 Å². The van der Waals surface area contributed by atoms with Gasteiger partial charge < -0.3 is 9.30 Å². The van der Waals surface area contributed by atoms with Crippen LogP contribution in [0, 0.1) is 0 Å². The first kappa shape index (κ1) is 16.3. The van der Waals surface area contributed by atoms with Gasteiger partial charge in [-0.25, -0.2) is 9.97 Å². The van der Waals surface area contributed by atoms with Crippen LogP contribution < -0.4 is 4.74 Å². The molecule has 0 aliphatic rings. The van der Waals surface area contributed by atoms with Crippen molar-refractivity contribution in [3.63, 3.8) is 0 Å². The Kier molecular flexibility index (Phi) is 4.35. The van der Waals surface area contributed by atoms with Gasteiger partial charge in [0.05, 0.1) is 36.2 Å². The molecule has 4 rings (SSSR count). The Labute approximate surface area is 151 Å². The van der Waals surface area contributed by atoms with Crippen molar-refractivity contribution in [3.8, 4) is 17.1 Å². The van der Waals surface area contributed by atoms with Crippen molar-refractivity contribution < 1.29 is 4.74 Å². The van der Waals surface area contributed by atoms with Gasteiger partial charge in [-0.3, -0.25) is 4.68 Å². The van der Waals surface area contributed by atoms with E-state index in [4.69, 9.17) is 4.74 Å². The Morgan fingerprint density at radius 1 is 1.04 bits per heavy atom. The number of aryl methyl sites for hydroxylation is 2. The first-order chi connectivity index (χ1) is 12.7. The lowest BCUT2D eigenvalue weighted by atomic mass is 10.2. The number of aromatic nitrogens is 6. The molecule has 7 heteroatoms.